The number of rotatable bonds is 4. The van der Waals surface area contributed by atoms with E-state index in [1.807, 2.05) is 0 Å². The van der Waals surface area contributed by atoms with Gasteiger partial charge in [-0.25, -0.2) is 0 Å². The summed E-state index contributed by atoms with van der Waals surface area (Å²) in [5.41, 5.74) is 0. The number of aromatic nitrogens is 2. The van der Waals surface area contributed by atoms with Crippen molar-refractivity contribution in [2.24, 2.45) is 0 Å². The van der Waals surface area contributed by atoms with E-state index >= 15 is 0 Å². The van der Waals surface area contributed by atoms with Crippen molar-refractivity contribution >= 4 is 28.7 Å². The van der Waals surface area contributed by atoms with Gasteiger partial charge in [-0.1, -0.05) is 11.3 Å². The van der Waals surface area contributed by atoms with Gasteiger partial charge < -0.3 is 10.1 Å². The Hall–Kier alpha value is -0.460. The molecule has 1 atom stereocenters. The Bertz CT molecular complexity index is 343. The lowest BCUT2D eigenvalue weighted by Gasteiger charge is -2.22. The lowest BCUT2D eigenvalue weighted by atomic mass is 10.1. The van der Waals surface area contributed by atoms with E-state index in [2.05, 4.69) is 15.5 Å². The van der Waals surface area contributed by atoms with Gasteiger partial charge in [-0.2, -0.15) is 0 Å². The highest BCUT2D eigenvalue weighted by atomic mass is 32.1. The summed E-state index contributed by atoms with van der Waals surface area (Å²) in [6.07, 6.45) is 5.18. The average molecular weight is 245 g/mol. The third-order valence-corrected chi connectivity index (χ3v) is 3.50. The molecule has 0 radical (unpaired) electrons. The van der Waals surface area contributed by atoms with Crippen LogP contribution in [0.2, 0.25) is 0 Å². The molecule has 2 N–H and O–H groups in total. The van der Waals surface area contributed by atoms with Crippen molar-refractivity contribution < 1.29 is 4.74 Å². The van der Waals surface area contributed by atoms with Crippen molar-refractivity contribution in [3.05, 3.63) is 3.95 Å². The smallest absolute Gasteiger partial charge is 0.204 e. The first kappa shape index (κ1) is 11.0. The second-order valence-electron chi connectivity index (χ2n) is 3.62. The highest BCUT2D eigenvalue weighted by molar-refractivity contribution is 7.73. The largest absolute Gasteiger partial charge is 0.378 e. The van der Waals surface area contributed by atoms with Crippen molar-refractivity contribution in [3.8, 4) is 0 Å². The minimum atomic E-state index is 0.429. The van der Waals surface area contributed by atoms with Crippen LogP contribution in [-0.2, 0) is 4.74 Å². The molecule has 1 saturated heterocycles. The summed E-state index contributed by atoms with van der Waals surface area (Å²) in [4.78, 5) is 0. The van der Waals surface area contributed by atoms with Crippen molar-refractivity contribution in [2.75, 3.05) is 18.5 Å². The van der Waals surface area contributed by atoms with Gasteiger partial charge in [0, 0.05) is 13.2 Å². The van der Waals surface area contributed by atoms with Crippen LogP contribution in [0.5, 0.6) is 0 Å². The Kier molecular flexibility index (Phi) is 4.10. The van der Waals surface area contributed by atoms with Gasteiger partial charge in [-0.3, -0.25) is 5.10 Å². The summed E-state index contributed by atoms with van der Waals surface area (Å²) in [6, 6.07) is 0. The van der Waals surface area contributed by atoms with Crippen molar-refractivity contribution in [3.63, 3.8) is 0 Å². The van der Waals surface area contributed by atoms with Crippen LogP contribution in [0.1, 0.15) is 25.7 Å². The lowest BCUT2D eigenvalue weighted by molar-refractivity contribution is 0.0134. The fourth-order valence-corrected chi connectivity index (χ4v) is 2.50. The predicted octanol–water partition coefficient (Wildman–Crippen LogP) is 2.57. The van der Waals surface area contributed by atoms with Crippen LogP contribution in [0.3, 0.4) is 0 Å². The first-order valence-corrected chi connectivity index (χ1v) is 6.48. The number of ether oxygens (including phenoxy) is 1. The molecule has 0 amide bonds. The zero-order valence-electron chi connectivity index (χ0n) is 8.49. The molecule has 1 aromatic rings. The van der Waals surface area contributed by atoms with Gasteiger partial charge in [-0.05, 0) is 37.9 Å². The van der Waals surface area contributed by atoms with Gasteiger partial charge in [0.25, 0.3) is 0 Å². The van der Waals surface area contributed by atoms with Crippen molar-refractivity contribution in [1.82, 2.24) is 10.2 Å². The molecule has 1 aliphatic heterocycles. The Morgan fingerprint density at radius 3 is 3.20 bits per heavy atom. The molecule has 6 heteroatoms. The summed E-state index contributed by atoms with van der Waals surface area (Å²) in [5.74, 6) is 0. The molecule has 0 saturated carbocycles. The number of hydrogen-bond donors (Lipinski definition) is 2. The lowest BCUT2D eigenvalue weighted by Crippen LogP contribution is -2.21. The van der Waals surface area contributed by atoms with Crippen molar-refractivity contribution in [1.29, 1.82) is 0 Å². The molecule has 15 heavy (non-hydrogen) atoms. The number of aromatic amines is 1. The maximum atomic E-state index is 5.64. The second-order valence-corrected chi connectivity index (χ2v) is 5.29. The van der Waals surface area contributed by atoms with Crippen LogP contribution in [-0.4, -0.2) is 29.5 Å². The molecule has 2 rings (SSSR count). The average Bonchev–Trinajstić information content (AvgIpc) is 2.66. The van der Waals surface area contributed by atoms with Gasteiger partial charge in [0.05, 0.1) is 6.10 Å². The summed E-state index contributed by atoms with van der Waals surface area (Å²) < 4.78 is 6.35. The van der Waals surface area contributed by atoms with Crippen molar-refractivity contribution in [2.45, 2.75) is 31.8 Å². The van der Waals surface area contributed by atoms with E-state index in [1.165, 1.54) is 30.6 Å². The maximum absolute atomic E-state index is 5.64. The van der Waals surface area contributed by atoms with E-state index in [4.69, 9.17) is 17.0 Å². The summed E-state index contributed by atoms with van der Waals surface area (Å²) in [5, 5.41) is 10.9. The molecule has 0 aliphatic carbocycles. The number of nitrogens with zero attached hydrogens (tertiary/aromatic N) is 1. The standard InChI is InChI=1S/C9H15N3OS2/c14-9-12-11-8(15-9)10-5-4-7-3-1-2-6-13-7/h7H,1-6H2,(H,10,11)(H,12,14). The van der Waals surface area contributed by atoms with Gasteiger partial charge in [0.15, 0.2) is 3.95 Å². The van der Waals surface area contributed by atoms with E-state index in [9.17, 15) is 0 Å². The van der Waals surface area contributed by atoms with Crippen LogP contribution in [0.25, 0.3) is 0 Å². The molecular formula is C9H15N3OS2. The Labute approximate surface area is 98.1 Å². The van der Waals surface area contributed by atoms with Gasteiger partial charge in [0.2, 0.25) is 5.13 Å². The van der Waals surface area contributed by atoms with Crippen LogP contribution in [0.15, 0.2) is 0 Å². The number of hydrogen-bond acceptors (Lipinski definition) is 5. The predicted molar refractivity (Wildman–Crippen MR) is 64.0 cm³/mol. The Morgan fingerprint density at radius 2 is 2.53 bits per heavy atom. The van der Waals surface area contributed by atoms with E-state index in [-0.39, 0.29) is 0 Å². The van der Waals surface area contributed by atoms with E-state index in [1.54, 1.807) is 0 Å². The van der Waals surface area contributed by atoms with E-state index in [0.717, 1.165) is 24.7 Å². The van der Waals surface area contributed by atoms with Crippen LogP contribution >= 0.6 is 23.6 Å². The molecule has 1 aromatic heterocycles. The number of nitrogens with one attached hydrogen (secondary N) is 2. The molecule has 4 nitrogen and oxygen atoms in total. The molecule has 0 spiro atoms. The molecule has 0 bridgehead atoms. The molecule has 1 unspecified atom stereocenters. The van der Waals surface area contributed by atoms with Crippen LogP contribution in [0.4, 0.5) is 5.13 Å². The maximum Gasteiger partial charge on any atom is 0.204 e. The number of H-pyrrole nitrogens is 1. The first-order chi connectivity index (χ1) is 7.34. The van der Waals surface area contributed by atoms with Gasteiger partial charge in [-0.15, -0.1) is 5.10 Å². The minimum Gasteiger partial charge on any atom is -0.378 e. The summed E-state index contributed by atoms with van der Waals surface area (Å²) in [7, 11) is 0. The molecule has 1 aliphatic rings. The normalized spacial score (nSPS) is 21.5. The molecule has 2 heterocycles. The SMILES string of the molecule is S=c1[nH]nc(NCCC2CCCCO2)s1. The van der Waals surface area contributed by atoms with Gasteiger partial charge in [0.1, 0.15) is 0 Å². The fourth-order valence-electron chi connectivity index (χ4n) is 1.68. The third-order valence-electron chi connectivity index (χ3n) is 2.45. The van der Waals surface area contributed by atoms with Gasteiger partial charge >= 0.3 is 0 Å². The van der Waals surface area contributed by atoms with Crippen LogP contribution < -0.4 is 5.32 Å². The molecule has 0 aromatic carbocycles. The highest BCUT2D eigenvalue weighted by Gasteiger charge is 2.13. The zero-order chi connectivity index (χ0) is 10.5. The third kappa shape index (κ3) is 3.55. The topological polar surface area (TPSA) is 49.9 Å². The zero-order valence-corrected chi connectivity index (χ0v) is 10.1. The molecule has 84 valence electrons. The van der Waals surface area contributed by atoms with Crippen LogP contribution in [0, 0.1) is 3.95 Å². The number of anilines is 1. The van der Waals surface area contributed by atoms with E-state index < -0.39 is 0 Å². The Balaban J connectivity index is 1.68. The summed E-state index contributed by atoms with van der Waals surface area (Å²) in [6.45, 7) is 1.83. The monoisotopic (exact) mass is 245 g/mol. The Morgan fingerprint density at radius 1 is 1.60 bits per heavy atom. The van der Waals surface area contributed by atoms with E-state index in [0.29, 0.717) is 10.1 Å². The molecule has 1 fully saturated rings. The second kappa shape index (κ2) is 5.58. The fraction of sp³-hybridized carbons (Fsp3) is 0.778. The molecular weight excluding hydrogens is 230 g/mol. The summed E-state index contributed by atoms with van der Waals surface area (Å²) >= 11 is 6.41. The first-order valence-electron chi connectivity index (χ1n) is 5.25. The minimum absolute atomic E-state index is 0.429. The highest BCUT2D eigenvalue weighted by Crippen LogP contribution is 2.16. The quantitative estimate of drug-likeness (QED) is 0.801.